The molecule has 0 saturated carbocycles. The molecule has 0 bridgehead atoms. The van der Waals surface area contributed by atoms with Crippen LogP contribution in [-0.4, -0.2) is 23.7 Å². The maximum absolute atomic E-state index is 12.5. The average molecular weight is 455 g/mol. The topological polar surface area (TPSA) is 64.3 Å². The van der Waals surface area contributed by atoms with Crippen molar-refractivity contribution in [3.05, 3.63) is 63.1 Å². The number of rotatable bonds is 5. The minimum absolute atomic E-state index is 0.0866. The van der Waals surface area contributed by atoms with Crippen molar-refractivity contribution in [3.63, 3.8) is 0 Å². The van der Waals surface area contributed by atoms with E-state index in [1.54, 1.807) is 0 Å². The third kappa shape index (κ3) is 4.18. The molecule has 0 aliphatic carbocycles. The lowest BCUT2D eigenvalue weighted by Crippen LogP contribution is -2.51. The Morgan fingerprint density at radius 3 is 2.69 bits per heavy atom. The van der Waals surface area contributed by atoms with E-state index in [0.717, 1.165) is 33.3 Å². The van der Waals surface area contributed by atoms with Crippen LogP contribution < -0.4 is 4.90 Å². The van der Waals surface area contributed by atoms with E-state index in [1.165, 1.54) is 0 Å². The van der Waals surface area contributed by atoms with Gasteiger partial charge in [-0.25, -0.2) is 0 Å². The van der Waals surface area contributed by atoms with Gasteiger partial charge in [-0.3, -0.25) is 4.79 Å². The first-order valence-corrected chi connectivity index (χ1v) is 10.9. The number of para-hydroxylation sites is 1. The van der Waals surface area contributed by atoms with Crippen LogP contribution in [0.1, 0.15) is 48.4 Å². The predicted octanol–water partition coefficient (Wildman–Crippen LogP) is 5.63. The van der Waals surface area contributed by atoms with E-state index in [4.69, 9.17) is 0 Å². The van der Waals surface area contributed by atoms with Crippen LogP contribution in [-0.2, 0) is 11.2 Å². The van der Waals surface area contributed by atoms with Crippen LogP contribution >= 0.6 is 15.9 Å². The van der Waals surface area contributed by atoms with Gasteiger partial charge in [0, 0.05) is 17.1 Å². The van der Waals surface area contributed by atoms with E-state index >= 15 is 0 Å². The fourth-order valence-corrected chi connectivity index (χ4v) is 4.92. The van der Waals surface area contributed by atoms with Crippen LogP contribution in [0.4, 0.5) is 5.69 Å². The van der Waals surface area contributed by atoms with Gasteiger partial charge in [0.2, 0.25) is 0 Å². The summed E-state index contributed by atoms with van der Waals surface area (Å²) in [7, 11) is 0. The van der Waals surface area contributed by atoms with Crippen LogP contribution in [0.25, 0.3) is 0 Å². The first-order valence-electron chi connectivity index (χ1n) is 10.1. The quantitative estimate of drug-likeness (QED) is 0.635. The van der Waals surface area contributed by atoms with Crippen LogP contribution in [0.5, 0.6) is 0 Å². The highest BCUT2D eigenvalue weighted by molar-refractivity contribution is 9.10. The summed E-state index contributed by atoms with van der Waals surface area (Å²) in [6.45, 7) is 6.83. The number of benzene rings is 2. The first-order chi connectivity index (χ1) is 13.8. The van der Waals surface area contributed by atoms with E-state index in [2.05, 4.69) is 52.9 Å². The summed E-state index contributed by atoms with van der Waals surface area (Å²) in [5.41, 5.74) is 4.15. The van der Waals surface area contributed by atoms with Gasteiger partial charge < -0.3 is 10.0 Å². The van der Waals surface area contributed by atoms with Crippen molar-refractivity contribution < 1.29 is 9.90 Å². The largest absolute Gasteiger partial charge is 0.481 e. The van der Waals surface area contributed by atoms with Gasteiger partial charge in [0.25, 0.3) is 0 Å². The number of halogens is 1. The molecular weight excluding hydrogens is 428 g/mol. The summed E-state index contributed by atoms with van der Waals surface area (Å²) in [6, 6.07) is 14.2. The maximum atomic E-state index is 12.5. The van der Waals surface area contributed by atoms with Crippen LogP contribution in [0.15, 0.2) is 40.9 Å². The number of nitriles is 1. The second-order valence-corrected chi connectivity index (χ2v) is 8.98. The molecule has 0 radical (unpaired) electrons. The lowest BCUT2D eigenvalue weighted by Gasteiger charge is -2.46. The zero-order valence-corrected chi connectivity index (χ0v) is 18.8. The molecule has 2 unspecified atom stereocenters. The molecular formula is C24H27BrN2O2. The summed E-state index contributed by atoms with van der Waals surface area (Å²) in [5, 5.41) is 19.8. The Morgan fingerprint density at radius 1 is 1.31 bits per heavy atom. The van der Waals surface area contributed by atoms with Gasteiger partial charge in [-0.15, -0.1) is 0 Å². The summed E-state index contributed by atoms with van der Waals surface area (Å²) >= 11 is 3.59. The molecule has 1 aliphatic rings. The average Bonchev–Trinajstić information content (AvgIpc) is 2.71. The Kier molecular flexibility index (Phi) is 6.33. The summed E-state index contributed by atoms with van der Waals surface area (Å²) in [6.07, 6.45) is 2.50. The standard InChI is InChI=1S/C24H27BrN2O2/c1-4-20-14-24(23(28)29,13-19-12-21(25)17(3)11-16(19)2)9-10-27(20)22-8-6-5-7-18(22)15-26/h5-8,11-12,20H,4,9-10,13-14H2,1-3H3,(H,28,29). The van der Waals surface area contributed by atoms with Crippen molar-refractivity contribution in [1.29, 1.82) is 5.26 Å². The summed E-state index contributed by atoms with van der Waals surface area (Å²) in [5.74, 6) is -0.722. The molecule has 3 rings (SSSR count). The highest BCUT2D eigenvalue weighted by Crippen LogP contribution is 2.42. The Bertz CT molecular complexity index is 966. The van der Waals surface area contributed by atoms with Crippen molar-refractivity contribution >= 4 is 27.6 Å². The molecule has 152 valence electrons. The number of hydrogen-bond acceptors (Lipinski definition) is 3. The molecule has 0 spiro atoms. The minimum atomic E-state index is -0.793. The fourth-order valence-electron chi connectivity index (χ4n) is 4.53. The Morgan fingerprint density at radius 2 is 2.03 bits per heavy atom. The van der Waals surface area contributed by atoms with Gasteiger partial charge in [0.05, 0.1) is 16.7 Å². The zero-order valence-electron chi connectivity index (χ0n) is 17.2. The van der Waals surface area contributed by atoms with Gasteiger partial charge in [0.15, 0.2) is 0 Å². The van der Waals surface area contributed by atoms with Crippen molar-refractivity contribution in [1.82, 2.24) is 0 Å². The molecule has 0 amide bonds. The number of piperidine rings is 1. The molecule has 1 aliphatic heterocycles. The molecule has 5 heteroatoms. The second-order valence-electron chi connectivity index (χ2n) is 8.13. The number of anilines is 1. The first kappa shape index (κ1) is 21.4. The van der Waals surface area contributed by atoms with E-state index in [9.17, 15) is 15.2 Å². The van der Waals surface area contributed by atoms with Crippen LogP contribution in [0, 0.1) is 30.6 Å². The van der Waals surface area contributed by atoms with Gasteiger partial charge in [-0.1, -0.05) is 41.1 Å². The summed E-state index contributed by atoms with van der Waals surface area (Å²) < 4.78 is 1.02. The highest BCUT2D eigenvalue weighted by Gasteiger charge is 2.45. The lowest BCUT2D eigenvalue weighted by molar-refractivity contribution is -0.151. The van der Waals surface area contributed by atoms with Gasteiger partial charge in [-0.05, 0) is 74.4 Å². The van der Waals surface area contributed by atoms with E-state index in [-0.39, 0.29) is 6.04 Å². The number of nitrogens with zero attached hydrogens (tertiary/aromatic N) is 2. The monoisotopic (exact) mass is 454 g/mol. The minimum Gasteiger partial charge on any atom is -0.481 e. The zero-order chi connectivity index (χ0) is 21.2. The van der Waals surface area contributed by atoms with Crippen LogP contribution in [0.2, 0.25) is 0 Å². The van der Waals surface area contributed by atoms with E-state index < -0.39 is 11.4 Å². The third-order valence-electron chi connectivity index (χ3n) is 6.30. The molecule has 2 aromatic carbocycles. The van der Waals surface area contributed by atoms with E-state index in [1.807, 2.05) is 31.2 Å². The SMILES string of the molecule is CCC1CC(Cc2cc(Br)c(C)cc2C)(C(=O)O)CCN1c1ccccc1C#N. The molecule has 2 aromatic rings. The Balaban J connectivity index is 1.94. The number of carboxylic acids is 1. The molecule has 1 saturated heterocycles. The molecule has 4 nitrogen and oxygen atoms in total. The number of aliphatic carboxylic acids is 1. The molecule has 1 fully saturated rings. The molecule has 0 aromatic heterocycles. The smallest absolute Gasteiger partial charge is 0.310 e. The molecule has 1 N–H and O–H groups in total. The lowest BCUT2D eigenvalue weighted by atomic mass is 9.70. The van der Waals surface area contributed by atoms with Gasteiger partial charge >= 0.3 is 5.97 Å². The summed E-state index contributed by atoms with van der Waals surface area (Å²) in [4.78, 5) is 14.7. The van der Waals surface area contributed by atoms with Crippen LogP contribution in [0.3, 0.4) is 0 Å². The highest BCUT2D eigenvalue weighted by atomic mass is 79.9. The maximum Gasteiger partial charge on any atom is 0.310 e. The van der Waals surface area contributed by atoms with Crippen molar-refractivity contribution in [2.75, 3.05) is 11.4 Å². The number of carboxylic acid groups (broad SMARTS) is 1. The van der Waals surface area contributed by atoms with Gasteiger partial charge in [-0.2, -0.15) is 5.26 Å². The van der Waals surface area contributed by atoms with Crippen molar-refractivity contribution in [2.45, 2.75) is 52.5 Å². The third-order valence-corrected chi connectivity index (χ3v) is 7.16. The van der Waals surface area contributed by atoms with Gasteiger partial charge in [0.1, 0.15) is 6.07 Å². The fraction of sp³-hybridized carbons (Fsp3) is 0.417. The van der Waals surface area contributed by atoms with Crippen molar-refractivity contribution in [2.24, 2.45) is 5.41 Å². The predicted molar refractivity (Wildman–Crippen MR) is 119 cm³/mol. The second kappa shape index (κ2) is 8.59. The van der Waals surface area contributed by atoms with E-state index in [0.29, 0.717) is 31.4 Å². The molecule has 1 heterocycles. The molecule has 2 atom stereocenters. The Labute approximate surface area is 181 Å². The van der Waals surface area contributed by atoms with Crippen molar-refractivity contribution in [3.8, 4) is 6.07 Å². The Hall–Kier alpha value is -2.32. The number of hydrogen-bond donors (Lipinski definition) is 1. The number of carbonyl (C=O) groups is 1. The molecule has 29 heavy (non-hydrogen) atoms. The normalized spacial score (nSPS) is 21.6. The number of aryl methyl sites for hydroxylation is 2.